The normalized spacial score (nSPS) is 9.14. The van der Waals surface area contributed by atoms with Crippen molar-refractivity contribution in [2.24, 2.45) is 5.73 Å². The average molecular weight is 197 g/mol. The largest absolute Gasteiger partial charge is 0.350 e. The van der Waals surface area contributed by atoms with Crippen LogP contribution in [0.5, 0.6) is 0 Å². The predicted molar refractivity (Wildman–Crippen MR) is 45.0 cm³/mol. The third-order valence-electron chi connectivity index (χ3n) is 1.21. The van der Waals surface area contributed by atoms with E-state index < -0.39 is 17.5 Å². The Kier molecular flexibility index (Phi) is 2.79. The van der Waals surface area contributed by atoms with Gasteiger partial charge in [-0.1, -0.05) is 0 Å². The van der Waals surface area contributed by atoms with Crippen LogP contribution >= 0.6 is 0 Å². The molecule has 74 valence electrons. The number of hydrogen-bond acceptors (Lipinski definition) is 4. The fourth-order valence-electron chi connectivity index (χ4n) is 0.653. The lowest BCUT2D eigenvalue weighted by Crippen LogP contribution is -2.44. The second-order valence-electron chi connectivity index (χ2n) is 2.25. The maximum Gasteiger partial charge on any atom is 0.330 e. The maximum absolute atomic E-state index is 11.1. The number of carbonyl (C=O) groups excluding carboxylic acids is 2. The molecule has 14 heavy (non-hydrogen) atoms. The van der Waals surface area contributed by atoms with Crippen LogP contribution in [-0.4, -0.2) is 22.1 Å². The van der Waals surface area contributed by atoms with E-state index in [9.17, 15) is 14.4 Å². The molecule has 0 radical (unpaired) electrons. The quantitative estimate of drug-likeness (QED) is 0.391. The first kappa shape index (κ1) is 9.71. The lowest BCUT2D eigenvalue weighted by atomic mass is 10.4. The number of hydrogen-bond donors (Lipinski definition) is 4. The first-order valence-electron chi connectivity index (χ1n) is 3.51. The van der Waals surface area contributed by atoms with E-state index in [2.05, 4.69) is 10.2 Å². The summed E-state index contributed by atoms with van der Waals surface area (Å²) in [6.45, 7) is 0. The number of aromatic amines is 1. The van der Waals surface area contributed by atoms with Crippen molar-refractivity contribution < 1.29 is 9.59 Å². The van der Waals surface area contributed by atoms with Gasteiger partial charge in [0.2, 0.25) is 0 Å². The molecule has 0 fully saturated rings. The number of urea groups is 1. The molecule has 8 nitrogen and oxygen atoms in total. The number of H-pyrrole nitrogens is 1. The van der Waals surface area contributed by atoms with E-state index in [1.165, 1.54) is 6.07 Å². The van der Waals surface area contributed by atoms with Gasteiger partial charge in [0.05, 0.1) is 0 Å². The molecule has 0 saturated carbocycles. The summed E-state index contributed by atoms with van der Waals surface area (Å²) in [5.41, 5.74) is 8.07. The molecule has 0 bridgehead atoms. The number of nitrogens with zero attached hydrogens (tertiary/aromatic N) is 1. The number of amides is 3. The van der Waals surface area contributed by atoms with Gasteiger partial charge in [-0.3, -0.25) is 15.0 Å². The Bertz CT molecular complexity index is 392. The molecule has 1 aromatic rings. The highest BCUT2D eigenvalue weighted by Gasteiger charge is 2.06. The van der Waals surface area contributed by atoms with E-state index in [-0.39, 0.29) is 5.69 Å². The molecule has 1 aromatic heterocycles. The summed E-state index contributed by atoms with van der Waals surface area (Å²) in [5, 5.41) is 5.47. The summed E-state index contributed by atoms with van der Waals surface area (Å²) >= 11 is 0. The number of nitrogens with two attached hydrogens (primary N) is 1. The molecule has 0 unspecified atom stereocenters. The van der Waals surface area contributed by atoms with Crippen molar-refractivity contribution >= 4 is 11.9 Å². The molecule has 1 heterocycles. The Balaban J connectivity index is 2.65. The van der Waals surface area contributed by atoms with Gasteiger partial charge >= 0.3 is 6.03 Å². The van der Waals surface area contributed by atoms with Crippen molar-refractivity contribution in [3.8, 4) is 0 Å². The summed E-state index contributed by atoms with van der Waals surface area (Å²) < 4.78 is 0. The van der Waals surface area contributed by atoms with E-state index in [1.807, 2.05) is 10.9 Å². The SMILES string of the molecule is NC(=O)NNC(=O)c1ccc(=O)[nH]n1. The summed E-state index contributed by atoms with van der Waals surface area (Å²) in [7, 11) is 0. The van der Waals surface area contributed by atoms with Crippen LogP contribution in [0.2, 0.25) is 0 Å². The van der Waals surface area contributed by atoms with Crippen molar-refractivity contribution in [2.75, 3.05) is 0 Å². The zero-order valence-corrected chi connectivity index (χ0v) is 6.90. The van der Waals surface area contributed by atoms with Crippen molar-refractivity contribution in [3.63, 3.8) is 0 Å². The van der Waals surface area contributed by atoms with Gasteiger partial charge in [-0.25, -0.2) is 15.3 Å². The molecule has 0 atom stereocenters. The molecule has 0 aliphatic carbocycles. The Morgan fingerprint density at radius 2 is 2.07 bits per heavy atom. The van der Waals surface area contributed by atoms with Gasteiger partial charge < -0.3 is 5.73 Å². The van der Waals surface area contributed by atoms with E-state index in [4.69, 9.17) is 5.73 Å². The Hall–Kier alpha value is -2.38. The van der Waals surface area contributed by atoms with Crippen LogP contribution in [0.1, 0.15) is 10.5 Å². The summed E-state index contributed by atoms with van der Waals surface area (Å²) in [5.74, 6) is -0.681. The van der Waals surface area contributed by atoms with Crippen LogP contribution in [0.3, 0.4) is 0 Å². The number of nitrogens with one attached hydrogen (secondary N) is 3. The first-order chi connectivity index (χ1) is 6.59. The topological polar surface area (TPSA) is 130 Å². The number of hydrazine groups is 1. The van der Waals surface area contributed by atoms with E-state index in [0.717, 1.165) is 6.07 Å². The van der Waals surface area contributed by atoms with Crippen molar-refractivity contribution in [3.05, 3.63) is 28.2 Å². The van der Waals surface area contributed by atoms with Gasteiger partial charge in [0.1, 0.15) is 0 Å². The number of aromatic nitrogens is 2. The molecule has 0 spiro atoms. The Labute approximate surface area is 77.5 Å². The molecule has 0 aliphatic heterocycles. The van der Waals surface area contributed by atoms with Gasteiger partial charge in [-0.05, 0) is 6.07 Å². The van der Waals surface area contributed by atoms with Crippen LogP contribution < -0.4 is 22.1 Å². The van der Waals surface area contributed by atoms with E-state index in [0.29, 0.717) is 0 Å². The highest BCUT2D eigenvalue weighted by atomic mass is 16.2. The third kappa shape index (κ3) is 2.59. The van der Waals surface area contributed by atoms with Gasteiger partial charge in [0, 0.05) is 6.07 Å². The van der Waals surface area contributed by atoms with Gasteiger partial charge in [0.15, 0.2) is 5.69 Å². The summed E-state index contributed by atoms with van der Waals surface area (Å²) in [6.07, 6.45) is 0. The van der Waals surface area contributed by atoms with Crippen molar-refractivity contribution in [1.82, 2.24) is 21.0 Å². The standard InChI is InChI=1S/C6H7N5O3/c7-6(14)11-10-5(13)3-1-2-4(12)9-8-3/h1-2H,(H,9,12)(H,10,13)(H3,7,11,14). The molecule has 1 rings (SSSR count). The second-order valence-corrected chi connectivity index (χ2v) is 2.25. The van der Waals surface area contributed by atoms with Gasteiger partial charge in [-0.15, -0.1) is 0 Å². The minimum absolute atomic E-state index is 0.0432. The van der Waals surface area contributed by atoms with Crippen LogP contribution in [0.25, 0.3) is 0 Å². The molecular formula is C6H7N5O3. The number of carbonyl (C=O) groups is 2. The van der Waals surface area contributed by atoms with Crippen LogP contribution in [0.15, 0.2) is 16.9 Å². The molecule has 0 aromatic carbocycles. The Morgan fingerprint density at radius 1 is 1.36 bits per heavy atom. The van der Waals surface area contributed by atoms with Crippen molar-refractivity contribution in [2.45, 2.75) is 0 Å². The first-order valence-corrected chi connectivity index (χ1v) is 3.51. The highest BCUT2D eigenvalue weighted by Crippen LogP contribution is 1.86. The minimum atomic E-state index is -0.900. The van der Waals surface area contributed by atoms with Gasteiger partial charge in [-0.2, -0.15) is 5.10 Å². The van der Waals surface area contributed by atoms with Crippen LogP contribution in [-0.2, 0) is 0 Å². The molecule has 8 heteroatoms. The van der Waals surface area contributed by atoms with E-state index in [1.54, 1.807) is 0 Å². The number of rotatable bonds is 1. The Morgan fingerprint density at radius 3 is 2.57 bits per heavy atom. The fraction of sp³-hybridized carbons (Fsp3) is 0. The molecule has 0 saturated heterocycles. The molecular weight excluding hydrogens is 190 g/mol. The smallest absolute Gasteiger partial charge is 0.330 e. The lowest BCUT2D eigenvalue weighted by molar-refractivity contribution is 0.0931. The van der Waals surface area contributed by atoms with Gasteiger partial charge in [0.25, 0.3) is 11.5 Å². The molecule has 3 amide bonds. The fourth-order valence-corrected chi connectivity index (χ4v) is 0.653. The lowest BCUT2D eigenvalue weighted by Gasteiger charge is -2.02. The third-order valence-corrected chi connectivity index (χ3v) is 1.21. The minimum Gasteiger partial charge on any atom is -0.350 e. The average Bonchev–Trinajstić information content (AvgIpc) is 2.15. The second kappa shape index (κ2) is 4.03. The van der Waals surface area contributed by atoms with Crippen molar-refractivity contribution in [1.29, 1.82) is 0 Å². The van der Waals surface area contributed by atoms with Crippen LogP contribution in [0, 0.1) is 0 Å². The predicted octanol–water partition coefficient (Wildman–Crippen LogP) is -1.92. The summed E-state index contributed by atoms with van der Waals surface area (Å²) in [6, 6.07) is 1.44. The molecule has 0 aliphatic rings. The highest BCUT2D eigenvalue weighted by molar-refractivity contribution is 5.93. The zero-order valence-electron chi connectivity index (χ0n) is 6.90. The zero-order chi connectivity index (χ0) is 10.6. The maximum atomic E-state index is 11.1. The van der Waals surface area contributed by atoms with Crippen LogP contribution in [0.4, 0.5) is 4.79 Å². The number of primary amides is 1. The van der Waals surface area contributed by atoms with E-state index >= 15 is 0 Å². The monoisotopic (exact) mass is 197 g/mol. The summed E-state index contributed by atoms with van der Waals surface area (Å²) in [4.78, 5) is 31.9. The molecule has 5 N–H and O–H groups in total.